The molecular weight excluding hydrogens is 352 g/mol. The first-order chi connectivity index (χ1) is 8.88. The van der Waals surface area contributed by atoms with Gasteiger partial charge in [0.25, 0.3) is 0 Å². The average molecular weight is 367 g/mol. The summed E-state index contributed by atoms with van der Waals surface area (Å²) >= 11 is 0.763. The van der Waals surface area contributed by atoms with E-state index < -0.39 is 0 Å². The fourth-order valence-corrected chi connectivity index (χ4v) is 5.38. The summed E-state index contributed by atoms with van der Waals surface area (Å²) in [6, 6.07) is 21.2. The van der Waals surface area contributed by atoms with E-state index in [1.807, 2.05) is 0 Å². The molecule has 2 rings (SSSR count). The molecule has 0 unspecified atom stereocenters. The van der Waals surface area contributed by atoms with Gasteiger partial charge in [0, 0.05) is 0 Å². The van der Waals surface area contributed by atoms with Crippen molar-refractivity contribution in [2.24, 2.45) is 5.73 Å². The summed E-state index contributed by atoms with van der Waals surface area (Å²) in [5.74, 6) is 0. The number of hydrogen-bond donors (Lipinski definition) is 1. The van der Waals surface area contributed by atoms with Gasteiger partial charge in [-0.15, -0.1) is 0 Å². The Hall–Kier alpha value is -0.821. The summed E-state index contributed by atoms with van der Waals surface area (Å²) in [6.45, 7) is 0.670. The second kappa shape index (κ2) is 7.58. The van der Waals surface area contributed by atoms with Crippen molar-refractivity contribution in [2.75, 3.05) is 6.54 Å². The van der Waals surface area contributed by atoms with Crippen molar-refractivity contribution in [2.45, 2.75) is 0 Å². The van der Waals surface area contributed by atoms with Crippen molar-refractivity contribution in [3.8, 4) is 0 Å². The van der Waals surface area contributed by atoms with Crippen molar-refractivity contribution in [3.63, 3.8) is 0 Å². The molecule has 0 saturated carbocycles. The van der Waals surface area contributed by atoms with Crippen LogP contribution in [-0.2, 0) is 0 Å². The Balaban J connectivity index is 2.00. The Morgan fingerprint density at radius 3 is 2.00 bits per heavy atom. The normalized spacial score (nSPS) is 11.5. The van der Waals surface area contributed by atoms with Crippen LogP contribution in [0, 0.1) is 0 Å². The molecule has 0 spiro atoms. The topological polar surface area (TPSA) is 26.0 Å². The van der Waals surface area contributed by atoms with Crippen molar-refractivity contribution in [3.05, 3.63) is 70.1 Å². The molecule has 18 heavy (non-hydrogen) atoms. The van der Waals surface area contributed by atoms with Crippen LogP contribution in [0.3, 0.4) is 0 Å². The van der Waals surface area contributed by atoms with Crippen LogP contribution in [0.2, 0.25) is 0 Å². The Labute approximate surface area is 121 Å². The molecule has 0 atom stereocenters. The van der Waals surface area contributed by atoms with E-state index in [9.17, 15) is 0 Å². The van der Waals surface area contributed by atoms with Crippen LogP contribution in [0.15, 0.2) is 70.1 Å². The zero-order chi connectivity index (χ0) is 12.6. The van der Waals surface area contributed by atoms with Gasteiger partial charge in [-0.3, -0.25) is 0 Å². The number of hydrogen-bond acceptors (Lipinski definition) is 1. The summed E-state index contributed by atoms with van der Waals surface area (Å²) < 4.78 is 4.18. The van der Waals surface area contributed by atoms with E-state index in [0.717, 1.165) is 0 Å². The van der Waals surface area contributed by atoms with Crippen LogP contribution >= 0.6 is 0 Å². The zero-order valence-corrected chi connectivity index (χ0v) is 13.4. The summed E-state index contributed by atoms with van der Waals surface area (Å²) in [4.78, 5) is 2.34. The zero-order valence-electron chi connectivity index (χ0n) is 9.95. The molecule has 0 aliphatic carbocycles. The molecule has 0 radical (unpaired) electrons. The molecule has 0 saturated heterocycles. The van der Waals surface area contributed by atoms with Crippen molar-refractivity contribution in [1.82, 2.24) is 0 Å². The molecule has 92 valence electrons. The van der Waals surface area contributed by atoms with Crippen LogP contribution in [0.25, 0.3) is 0 Å². The van der Waals surface area contributed by atoms with Gasteiger partial charge in [-0.1, -0.05) is 0 Å². The quantitative estimate of drug-likeness (QED) is 0.780. The van der Waals surface area contributed by atoms with Gasteiger partial charge in [-0.05, 0) is 0 Å². The maximum absolute atomic E-state index is 5.84. The molecule has 0 heterocycles. The van der Waals surface area contributed by atoms with Gasteiger partial charge in [0.05, 0.1) is 0 Å². The maximum atomic E-state index is 5.84. The Kier molecular flexibility index (Phi) is 5.73. The molecule has 2 N–H and O–H groups in total. The van der Waals surface area contributed by atoms with Gasteiger partial charge in [-0.2, -0.15) is 0 Å². The third-order valence-corrected chi connectivity index (χ3v) is 7.22. The van der Waals surface area contributed by atoms with Crippen LogP contribution < -0.4 is 14.7 Å². The van der Waals surface area contributed by atoms with Crippen molar-refractivity contribution in [1.29, 1.82) is 0 Å². The first kappa shape index (κ1) is 13.6. The minimum absolute atomic E-state index is 0.368. The molecule has 0 amide bonds. The predicted molar refractivity (Wildman–Crippen MR) is 80.8 cm³/mol. The van der Waals surface area contributed by atoms with Crippen molar-refractivity contribution >= 4 is 38.8 Å². The molecule has 0 aromatic heterocycles. The fraction of sp³-hybridized carbons (Fsp3) is 0.0667. The van der Waals surface area contributed by atoms with Gasteiger partial charge in [0.15, 0.2) is 0 Å². The van der Waals surface area contributed by atoms with Crippen LogP contribution in [0.1, 0.15) is 0 Å². The third-order valence-electron chi connectivity index (χ3n) is 2.26. The van der Waals surface area contributed by atoms with Gasteiger partial charge < -0.3 is 0 Å². The first-order valence-electron chi connectivity index (χ1n) is 5.72. The van der Waals surface area contributed by atoms with Crippen LogP contribution in [0.5, 0.6) is 0 Å². The molecule has 0 aliphatic rings. The van der Waals surface area contributed by atoms with Crippen LogP contribution in [0.4, 0.5) is 0 Å². The summed E-state index contributed by atoms with van der Waals surface area (Å²) in [5, 5.41) is 0. The Morgan fingerprint density at radius 2 is 1.44 bits per heavy atom. The number of benzene rings is 2. The number of nitrogens with two attached hydrogens (primary N) is 1. The second-order valence-electron chi connectivity index (χ2n) is 3.63. The molecule has 1 nitrogen and oxygen atoms in total. The van der Waals surface area contributed by atoms with Gasteiger partial charge in [0.2, 0.25) is 0 Å². The molecule has 0 aliphatic heterocycles. The van der Waals surface area contributed by atoms with E-state index in [1.165, 1.54) is 13.4 Å². The Morgan fingerprint density at radius 1 is 0.889 bits per heavy atom. The molecule has 3 heteroatoms. The van der Waals surface area contributed by atoms with E-state index >= 15 is 0 Å². The standard InChI is InChI=1S/C15H15NSe2/c16-11-15(18-14-9-5-2-6-10-14)12-17-13-7-3-1-4-8-13/h1-10,12H,11,16H2/b15-12+. The second-order valence-corrected chi connectivity index (χ2v) is 8.13. The summed E-state index contributed by atoms with van der Waals surface area (Å²) in [6.07, 6.45) is 0. The van der Waals surface area contributed by atoms with Crippen molar-refractivity contribution < 1.29 is 0 Å². The minimum atomic E-state index is 0.368. The van der Waals surface area contributed by atoms with E-state index in [1.54, 1.807) is 0 Å². The average Bonchev–Trinajstić information content (AvgIpc) is 2.45. The molecule has 0 fully saturated rings. The summed E-state index contributed by atoms with van der Waals surface area (Å²) in [7, 11) is 0. The molecule has 0 bridgehead atoms. The van der Waals surface area contributed by atoms with Gasteiger partial charge >= 0.3 is 121 Å². The molecule has 2 aromatic rings. The fourth-order valence-electron chi connectivity index (χ4n) is 1.39. The Bertz CT molecular complexity index is 494. The first-order valence-corrected chi connectivity index (χ1v) is 9.28. The predicted octanol–water partition coefficient (Wildman–Crippen LogP) is 0.846. The number of rotatable bonds is 5. The van der Waals surface area contributed by atoms with Gasteiger partial charge in [-0.25, -0.2) is 0 Å². The molecular formula is C15H15NSe2. The SMILES string of the molecule is NC/C(=C\[Se]c1ccccc1)[Se]c1ccccc1. The van der Waals surface area contributed by atoms with E-state index in [-0.39, 0.29) is 0 Å². The van der Waals surface area contributed by atoms with E-state index in [0.29, 0.717) is 36.5 Å². The third kappa shape index (κ3) is 4.45. The van der Waals surface area contributed by atoms with Crippen LogP contribution in [-0.4, -0.2) is 36.5 Å². The van der Waals surface area contributed by atoms with Gasteiger partial charge in [0.1, 0.15) is 0 Å². The summed E-state index contributed by atoms with van der Waals surface area (Å²) in [5.41, 5.74) is 5.84. The monoisotopic (exact) mass is 369 g/mol. The molecule has 2 aromatic carbocycles. The van der Waals surface area contributed by atoms with E-state index in [4.69, 9.17) is 5.73 Å². The van der Waals surface area contributed by atoms with E-state index in [2.05, 4.69) is 65.6 Å².